The fourth-order valence-corrected chi connectivity index (χ4v) is 7.12. The zero-order chi connectivity index (χ0) is 31.6. The van der Waals surface area contributed by atoms with Gasteiger partial charge in [-0.3, -0.25) is 4.72 Å². The molecule has 0 bridgehead atoms. The molecule has 0 saturated carbocycles. The highest BCUT2D eigenvalue weighted by atomic mass is 32.2. The number of ether oxygens (including phenoxy) is 1. The molecular formula is C37H32N2O5S. The van der Waals surface area contributed by atoms with Crippen LogP contribution in [0.25, 0.3) is 10.9 Å². The molecule has 0 atom stereocenters. The van der Waals surface area contributed by atoms with Gasteiger partial charge in [0.2, 0.25) is 0 Å². The maximum absolute atomic E-state index is 13.4. The minimum atomic E-state index is -3.84. The lowest BCUT2D eigenvalue weighted by molar-refractivity contribution is 0.0696. The Morgan fingerprint density at radius 1 is 0.822 bits per heavy atom. The predicted octanol–water partition coefficient (Wildman–Crippen LogP) is 7.69. The first-order valence-electron chi connectivity index (χ1n) is 14.5. The van der Waals surface area contributed by atoms with Crippen molar-refractivity contribution in [1.29, 1.82) is 0 Å². The van der Waals surface area contributed by atoms with Crippen molar-refractivity contribution in [2.45, 2.75) is 24.3 Å². The zero-order valence-electron chi connectivity index (χ0n) is 24.8. The van der Waals surface area contributed by atoms with Crippen molar-refractivity contribution in [1.82, 2.24) is 4.57 Å². The minimum absolute atomic E-state index is 0.138. The summed E-state index contributed by atoms with van der Waals surface area (Å²) in [6.45, 7) is 1.77. The number of nitrogens with zero attached hydrogens (tertiary/aromatic N) is 1. The van der Waals surface area contributed by atoms with Crippen LogP contribution in [0, 0.1) is 6.92 Å². The van der Waals surface area contributed by atoms with E-state index in [-0.39, 0.29) is 16.5 Å². The molecule has 0 saturated heterocycles. The Morgan fingerprint density at radius 2 is 1.47 bits per heavy atom. The number of carboxylic acids is 1. The van der Waals surface area contributed by atoms with E-state index >= 15 is 0 Å². The van der Waals surface area contributed by atoms with E-state index in [1.165, 1.54) is 13.2 Å². The molecule has 226 valence electrons. The van der Waals surface area contributed by atoms with Gasteiger partial charge < -0.3 is 14.4 Å². The van der Waals surface area contributed by atoms with Crippen molar-refractivity contribution >= 4 is 32.6 Å². The average molecular weight is 617 g/mol. The van der Waals surface area contributed by atoms with Crippen LogP contribution < -0.4 is 9.46 Å². The second-order valence-corrected chi connectivity index (χ2v) is 12.5. The van der Waals surface area contributed by atoms with Gasteiger partial charge in [0.25, 0.3) is 10.0 Å². The van der Waals surface area contributed by atoms with Crippen molar-refractivity contribution in [2.24, 2.45) is 0 Å². The lowest BCUT2D eigenvalue weighted by Crippen LogP contribution is -2.14. The van der Waals surface area contributed by atoms with E-state index in [1.54, 1.807) is 43.3 Å². The molecule has 7 nitrogen and oxygen atoms in total. The summed E-state index contributed by atoms with van der Waals surface area (Å²) in [5.41, 5.74) is 6.09. The molecule has 0 aliphatic carbocycles. The number of rotatable bonds is 10. The first kappa shape index (κ1) is 29.7. The lowest BCUT2D eigenvalue weighted by Gasteiger charge is -2.22. The second-order valence-electron chi connectivity index (χ2n) is 10.9. The van der Waals surface area contributed by atoms with Crippen molar-refractivity contribution < 1.29 is 23.1 Å². The monoisotopic (exact) mass is 616 g/mol. The predicted molar refractivity (Wildman–Crippen MR) is 177 cm³/mol. The topological polar surface area (TPSA) is 97.6 Å². The van der Waals surface area contributed by atoms with Crippen molar-refractivity contribution in [2.75, 3.05) is 11.8 Å². The summed E-state index contributed by atoms with van der Waals surface area (Å²) in [4.78, 5) is 11.8. The molecule has 0 spiro atoms. The van der Waals surface area contributed by atoms with Gasteiger partial charge in [-0.2, -0.15) is 0 Å². The number of fused-ring (bicyclic) bond motifs is 1. The third-order valence-corrected chi connectivity index (χ3v) is 9.52. The molecule has 0 aliphatic rings. The maximum atomic E-state index is 13.4. The van der Waals surface area contributed by atoms with Gasteiger partial charge in [-0.15, -0.1) is 0 Å². The van der Waals surface area contributed by atoms with E-state index in [1.807, 2.05) is 54.6 Å². The Balaban J connectivity index is 1.52. The molecule has 0 aliphatic heterocycles. The summed E-state index contributed by atoms with van der Waals surface area (Å²) in [6.07, 6.45) is 2.52. The van der Waals surface area contributed by atoms with Crippen LogP contribution in [-0.2, 0) is 16.4 Å². The van der Waals surface area contributed by atoms with Gasteiger partial charge in [-0.05, 0) is 71.1 Å². The Kier molecular flexibility index (Phi) is 8.15. The van der Waals surface area contributed by atoms with Crippen LogP contribution in [0.1, 0.15) is 44.2 Å². The fraction of sp³-hybridized carbons (Fsp3) is 0.108. The Morgan fingerprint density at radius 3 is 2.09 bits per heavy atom. The number of hydrogen-bond donors (Lipinski definition) is 2. The van der Waals surface area contributed by atoms with Gasteiger partial charge in [0.1, 0.15) is 5.75 Å². The number of carbonyl (C=O) groups is 1. The third kappa shape index (κ3) is 6.05. The number of methoxy groups -OCH3 is 1. The molecule has 8 heteroatoms. The van der Waals surface area contributed by atoms with Crippen molar-refractivity contribution in [3.8, 4) is 5.75 Å². The number of benzene rings is 5. The van der Waals surface area contributed by atoms with E-state index in [0.717, 1.165) is 33.2 Å². The van der Waals surface area contributed by atoms with Gasteiger partial charge in [0.05, 0.1) is 23.6 Å². The van der Waals surface area contributed by atoms with Crippen molar-refractivity contribution in [3.63, 3.8) is 0 Å². The van der Waals surface area contributed by atoms with Crippen molar-refractivity contribution in [3.05, 3.63) is 161 Å². The molecule has 1 aromatic heterocycles. The fourth-order valence-electron chi connectivity index (χ4n) is 5.82. The summed E-state index contributed by atoms with van der Waals surface area (Å²) in [5.74, 6) is -0.564. The first-order chi connectivity index (χ1) is 21.7. The molecular weight excluding hydrogens is 584 g/mol. The highest BCUT2D eigenvalue weighted by molar-refractivity contribution is 7.92. The molecule has 1 heterocycles. The SMILES string of the molecule is COc1cc(C(=O)O)ccc1Cc1cn(C(c2ccccc2)c2ccccc2)c2ccc(NS(=O)(=O)c3ccccc3C)cc12. The maximum Gasteiger partial charge on any atom is 0.335 e. The van der Waals surface area contributed by atoms with E-state index in [4.69, 9.17) is 4.74 Å². The van der Waals surface area contributed by atoms with E-state index in [0.29, 0.717) is 23.4 Å². The van der Waals surface area contributed by atoms with Crippen LogP contribution in [-0.4, -0.2) is 31.2 Å². The quantitative estimate of drug-likeness (QED) is 0.165. The van der Waals surface area contributed by atoms with Gasteiger partial charge in [0.15, 0.2) is 0 Å². The average Bonchev–Trinajstić information content (AvgIpc) is 3.38. The second kappa shape index (κ2) is 12.3. The van der Waals surface area contributed by atoms with Crippen LogP contribution in [0.4, 0.5) is 5.69 Å². The highest BCUT2D eigenvalue weighted by Gasteiger charge is 2.23. The number of sulfonamides is 1. The number of aryl methyl sites for hydroxylation is 1. The van der Waals surface area contributed by atoms with Crippen LogP contribution in [0.15, 0.2) is 132 Å². The summed E-state index contributed by atoms with van der Waals surface area (Å²) >= 11 is 0. The van der Waals surface area contributed by atoms with Gasteiger partial charge in [-0.1, -0.05) is 84.9 Å². The normalized spacial score (nSPS) is 11.5. The number of carboxylic acid groups (broad SMARTS) is 1. The van der Waals surface area contributed by atoms with Gasteiger partial charge >= 0.3 is 5.97 Å². The number of nitrogens with one attached hydrogen (secondary N) is 1. The summed E-state index contributed by atoms with van der Waals surface area (Å²) in [7, 11) is -2.32. The lowest BCUT2D eigenvalue weighted by atomic mass is 9.98. The molecule has 6 aromatic rings. The molecule has 0 unspecified atom stereocenters. The first-order valence-corrected chi connectivity index (χ1v) is 16.0. The standard InChI is InChI=1S/C37H32N2O5S/c1-25-11-9-10-16-35(25)45(42,43)38-31-19-20-33-32(23-31)30(21-28-17-18-29(37(40)41)22-34(28)44-2)24-39(33)36(26-12-5-3-6-13-26)27-14-7-4-8-15-27/h3-20,22-24,36,38H,21H2,1-2H3,(H,40,41). The van der Waals surface area contributed by atoms with E-state index in [9.17, 15) is 18.3 Å². The number of hydrogen-bond acceptors (Lipinski definition) is 4. The van der Waals surface area contributed by atoms with Crippen LogP contribution in [0.2, 0.25) is 0 Å². The Labute approximate surface area is 262 Å². The summed E-state index contributed by atoms with van der Waals surface area (Å²) in [6, 6.07) is 37.6. The van der Waals surface area contributed by atoms with E-state index in [2.05, 4.69) is 39.8 Å². The van der Waals surface area contributed by atoms with E-state index < -0.39 is 16.0 Å². The molecule has 45 heavy (non-hydrogen) atoms. The summed E-state index contributed by atoms with van der Waals surface area (Å²) in [5, 5.41) is 10.4. The molecule has 2 N–H and O–H groups in total. The Hall–Kier alpha value is -5.34. The van der Waals surface area contributed by atoms with Crippen LogP contribution >= 0.6 is 0 Å². The molecule has 6 rings (SSSR count). The highest BCUT2D eigenvalue weighted by Crippen LogP contribution is 2.36. The Bertz CT molecular complexity index is 2070. The number of anilines is 1. The molecule has 5 aromatic carbocycles. The number of aromatic nitrogens is 1. The molecule has 0 amide bonds. The molecule has 0 radical (unpaired) electrons. The third-order valence-electron chi connectivity index (χ3n) is 7.97. The van der Waals surface area contributed by atoms with Crippen LogP contribution in [0.3, 0.4) is 0 Å². The largest absolute Gasteiger partial charge is 0.496 e. The van der Waals surface area contributed by atoms with Gasteiger partial charge in [0, 0.05) is 29.2 Å². The number of aromatic carboxylic acids is 1. The minimum Gasteiger partial charge on any atom is -0.496 e. The molecule has 0 fully saturated rings. The van der Waals surface area contributed by atoms with Crippen LogP contribution in [0.5, 0.6) is 5.75 Å². The smallest absolute Gasteiger partial charge is 0.335 e. The summed E-state index contributed by atoms with van der Waals surface area (Å²) < 4.78 is 37.4. The van der Waals surface area contributed by atoms with Gasteiger partial charge in [-0.25, -0.2) is 13.2 Å². The zero-order valence-corrected chi connectivity index (χ0v) is 25.7.